The van der Waals surface area contributed by atoms with Crippen LogP contribution in [0.4, 0.5) is 0 Å². The van der Waals surface area contributed by atoms with Crippen molar-refractivity contribution in [3.8, 4) is 0 Å². The molecule has 0 aromatic heterocycles. The van der Waals surface area contributed by atoms with Crippen LogP contribution < -0.4 is 0 Å². The lowest BCUT2D eigenvalue weighted by Gasteiger charge is -2.50. The third kappa shape index (κ3) is 1.59. The third-order valence-electron chi connectivity index (χ3n) is 3.86. The van der Waals surface area contributed by atoms with Gasteiger partial charge in [-0.05, 0) is 20.8 Å². The van der Waals surface area contributed by atoms with E-state index in [1.54, 1.807) is 13.8 Å². The highest BCUT2D eigenvalue weighted by molar-refractivity contribution is 9.10. The molecule has 2 saturated heterocycles. The number of carbonyl (C=O) groups excluding carboxylic acids is 2. The number of fused-ring (bicyclic) bond motifs is 1. The minimum absolute atomic E-state index is 0.429. The molecular weight excluding hydrogens is 338 g/mol. The summed E-state index contributed by atoms with van der Waals surface area (Å²) in [5.74, 6) is -1.02. The Morgan fingerprint density at radius 1 is 1.58 bits per heavy atom. The number of carbonyl (C=O) groups is 2. The van der Waals surface area contributed by atoms with Crippen LogP contribution >= 0.6 is 15.9 Å². The highest BCUT2D eigenvalue weighted by atomic mass is 79.9. The maximum atomic E-state index is 12.6. The zero-order valence-corrected chi connectivity index (χ0v) is 13.4. The minimum Gasteiger partial charge on any atom is -0.467 e. The fourth-order valence-electron chi connectivity index (χ4n) is 2.68. The van der Waals surface area contributed by atoms with Gasteiger partial charge >= 0.3 is 5.97 Å². The second-order valence-corrected chi connectivity index (χ2v) is 8.74. The third-order valence-corrected chi connectivity index (χ3v) is 7.87. The number of methoxy groups -OCH3 is 1. The molecule has 5 atom stereocenters. The van der Waals surface area contributed by atoms with Crippen molar-refractivity contribution < 1.29 is 23.6 Å². The molecule has 0 spiro atoms. The summed E-state index contributed by atoms with van der Waals surface area (Å²) in [5.41, 5.74) is 0. The van der Waals surface area contributed by atoms with Crippen LogP contribution in [0.3, 0.4) is 0 Å². The van der Waals surface area contributed by atoms with Crippen LogP contribution in [0.2, 0.25) is 0 Å². The molecule has 2 fully saturated rings. The molecule has 108 valence electrons. The van der Waals surface area contributed by atoms with Gasteiger partial charge in [-0.2, -0.15) is 0 Å². The van der Waals surface area contributed by atoms with E-state index in [1.807, 2.05) is 0 Å². The van der Waals surface area contributed by atoms with E-state index in [4.69, 9.17) is 4.74 Å². The molecule has 0 aliphatic carbocycles. The standard InChI is InChI=1S/C11H16BrNO5S/c1-5(14)11(12)8(16)13-6(7(15)18-4)10(2,3)19(17)9(11)13/h5-6,9,14H,1-4H3/t5-,6+,9-,11+,19-/m1/s1. The monoisotopic (exact) mass is 353 g/mol. The predicted octanol–water partition coefficient (Wildman–Crippen LogP) is -0.248. The Morgan fingerprint density at radius 3 is 2.53 bits per heavy atom. The zero-order valence-electron chi connectivity index (χ0n) is 11.0. The summed E-state index contributed by atoms with van der Waals surface area (Å²) in [4.78, 5) is 25.4. The van der Waals surface area contributed by atoms with Crippen LogP contribution in [-0.4, -0.2) is 59.8 Å². The molecule has 2 aliphatic heterocycles. The number of hydrogen-bond donors (Lipinski definition) is 1. The van der Waals surface area contributed by atoms with Crippen LogP contribution in [0.5, 0.6) is 0 Å². The van der Waals surface area contributed by atoms with Gasteiger partial charge in [0.25, 0.3) is 0 Å². The van der Waals surface area contributed by atoms with Gasteiger partial charge in [-0.1, -0.05) is 15.9 Å². The van der Waals surface area contributed by atoms with Gasteiger partial charge in [-0.15, -0.1) is 0 Å². The molecule has 0 aromatic rings. The molecule has 1 amide bonds. The lowest BCUT2D eigenvalue weighted by Crippen LogP contribution is -2.75. The molecule has 0 bridgehead atoms. The molecule has 0 saturated carbocycles. The van der Waals surface area contributed by atoms with Crippen LogP contribution in [-0.2, 0) is 25.1 Å². The van der Waals surface area contributed by atoms with Gasteiger partial charge in [0.05, 0.1) is 28.8 Å². The lowest BCUT2D eigenvalue weighted by atomic mass is 9.88. The second kappa shape index (κ2) is 4.26. The molecule has 19 heavy (non-hydrogen) atoms. The minimum atomic E-state index is -1.49. The molecule has 0 aromatic carbocycles. The zero-order chi connectivity index (χ0) is 14.7. The second-order valence-electron chi connectivity index (χ2n) is 5.34. The summed E-state index contributed by atoms with van der Waals surface area (Å²) in [6, 6.07) is -0.889. The Labute approximate surface area is 122 Å². The van der Waals surface area contributed by atoms with Gasteiger partial charge in [-0.3, -0.25) is 9.00 Å². The number of β-lactam (4-membered cyclic amide) rings is 1. The van der Waals surface area contributed by atoms with Gasteiger partial charge in [0, 0.05) is 0 Å². The smallest absolute Gasteiger partial charge is 0.330 e. The summed E-state index contributed by atoms with van der Waals surface area (Å²) in [7, 11) is -0.256. The van der Waals surface area contributed by atoms with Crippen molar-refractivity contribution in [3.63, 3.8) is 0 Å². The number of alkyl halides is 1. The Hall–Kier alpha value is -0.470. The first-order valence-electron chi connectivity index (χ1n) is 5.80. The molecule has 2 aliphatic rings. The van der Waals surface area contributed by atoms with Crippen molar-refractivity contribution in [1.82, 2.24) is 4.90 Å². The molecule has 2 rings (SSSR count). The molecule has 0 radical (unpaired) electrons. The van der Waals surface area contributed by atoms with E-state index >= 15 is 0 Å². The number of aliphatic hydroxyl groups is 1. The first kappa shape index (κ1) is 14.9. The van der Waals surface area contributed by atoms with Gasteiger partial charge < -0.3 is 14.7 Å². The van der Waals surface area contributed by atoms with Crippen molar-refractivity contribution in [1.29, 1.82) is 0 Å². The van der Waals surface area contributed by atoms with Crippen molar-refractivity contribution in [2.24, 2.45) is 0 Å². The summed E-state index contributed by atoms with van der Waals surface area (Å²) < 4.78 is 15.1. The van der Waals surface area contributed by atoms with Gasteiger partial charge in [0.1, 0.15) is 11.4 Å². The molecule has 8 heteroatoms. The number of halogens is 1. The van der Waals surface area contributed by atoms with Crippen LogP contribution in [0.25, 0.3) is 0 Å². The molecular formula is C11H16BrNO5S. The Bertz CT molecular complexity index is 480. The number of aliphatic hydroxyl groups excluding tert-OH is 1. The summed E-state index contributed by atoms with van der Waals surface area (Å²) >= 11 is 3.21. The average Bonchev–Trinajstić information content (AvgIpc) is 2.53. The highest BCUT2D eigenvalue weighted by Crippen LogP contribution is 2.53. The van der Waals surface area contributed by atoms with E-state index in [2.05, 4.69) is 15.9 Å². The molecule has 0 unspecified atom stereocenters. The van der Waals surface area contributed by atoms with Crippen LogP contribution in [0.15, 0.2) is 0 Å². The van der Waals surface area contributed by atoms with E-state index in [0.29, 0.717) is 0 Å². The Balaban J connectivity index is 2.48. The Kier molecular flexibility index (Phi) is 3.35. The molecule has 6 nitrogen and oxygen atoms in total. The number of esters is 1. The lowest BCUT2D eigenvalue weighted by molar-refractivity contribution is -0.165. The van der Waals surface area contributed by atoms with Crippen molar-refractivity contribution in [2.45, 2.75) is 47.4 Å². The maximum absolute atomic E-state index is 12.6. The summed E-state index contributed by atoms with van der Waals surface area (Å²) in [6.07, 6.45) is -1.00. The largest absolute Gasteiger partial charge is 0.467 e. The van der Waals surface area contributed by atoms with E-state index in [9.17, 15) is 18.9 Å². The topological polar surface area (TPSA) is 83.9 Å². The predicted molar refractivity (Wildman–Crippen MR) is 72.0 cm³/mol. The van der Waals surface area contributed by atoms with Gasteiger partial charge in [0.2, 0.25) is 5.91 Å². The van der Waals surface area contributed by atoms with E-state index in [0.717, 1.165) is 0 Å². The van der Waals surface area contributed by atoms with E-state index in [-0.39, 0.29) is 0 Å². The Morgan fingerprint density at radius 2 is 2.11 bits per heavy atom. The van der Waals surface area contributed by atoms with Crippen LogP contribution in [0, 0.1) is 0 Å². The maximum Gasteiger partial charge on any atom is 0.330 e. The fraction of sp³-hybridized carbons (Fsp3) is 0.818. The number of ether oxygens (including phenoxy) is 1. The van der Waals surface area contributed by atoms with E-state index in [1.165, 1.54) is 18.9 Å². The first-order valence-corrected chi connectivity index (χ1v) is 7.80. The van der Waals surface area contributed by atoms with Crippen molar-refractivity contribution in [2.75, 3.05) is 7.11 Å². The molecule has 1 N–H and O–H groups in total. The van der Waals surface area contributed by atoms with E-state index < -0.39 is 49.3 Å². The molecule has 2 heterocycles. The average molecular weight is 354 g/mol. The van der Waals surface area contributed by atoms with Gasteiger partial charge in [-0.25, -0.2) is 4.79 Å². The number of nitrogens with zero attached hydrogens (tertiary/aromatic N) is 1. The van der Waals surface area contributed by atoms with Gasteiger partial charge in [0.15, 0.2) is 4.32 Å². The van der Waals surface area contributed by atoms with Crippen LogP contribution in [0.1, 0.15) is 20.8 Å². The van der Waals surface area contributed by atoms with Crippen molar-refractivity contribution >= 4 is 38.6 Å². The summed E-state index contributed by atoms with van der Waals surface area (Å²) in [5, 5.41) is 9.05. The number of hydrogen-bond acceptors (Lipinski definition) is 5. The number of rotatable bonds is 2. The quantitative estimate of drug-likeness (QED) is 0.420. The fourth-order valence-corrected chi connectivity index (χ4v) is 5.66. The normalized spacial score (nSPS) is 41.5. The number of amides is 1. The summed E-state index contributed by atoms with van der Waals surface area (Å²) in [6.45, 7) is 4.77. The SMILES string of the molecule is COC(=O)[C@@H]1N2C(=O)[C@@](Br)([C@@H](C)O)[C@H]2[S@@](=O)C1(C)C. The first-order chi connectivity index (χ1) is 8.61. The van der Waals surface area contributed by atoms with Crippen molar-refractivity contribution in [3.05, 3.63) is 0 Å². The highest BCUT2D eigenvalue weighted by Gasteiger charge is 2.75.